The number of aliphatic carboxylic acids is 1. The zero-order chi connectivity index (χ0) is 14.9. The van der Waals surface area contributed by atoms with Gasteiger partial charge in [-0.15, -0.1) is 0 Å². The van der Waals surface area contributed by atoms with E-state index in [9.17, 15) is 4.79 Å². The Hall–Kier alpha value is 1.91. The molecule has 1 unspecified atom stereocenters. The predicted molar refractivity (Wildman–Crippen MR) is 87.2 cm³/mol. The Morgan fingerprint density at radius 2 is 1.45 bits per heavy atom. The fourth-order valence-corrected chi connectivity index (χ4v) is 5.84. The van der Waals surface area contributed by atoms with Crippen LogP contribution in [0.3, 0.4) is 0 Å². The molecule has 0 aromatic rings. The maximum absolute atomic E-state index is 10.4. The molecule has 0 aliphatic heterocycles. The summed E-state index contributed by atoms with van der Waals surface area (Å²) in [6, 6.07) is 0. The summed E-state index contributed by atoms with van der Waals surface area (Å²) in [7, 11) is 0. The third-order valence-corrected chi connectivity index (χ3v) is 7.20. The van der Waals surface area contributed by atoms with Gasteiger partial charge in [0, 0.05) is 0 Å². The predicted octanol–water partition coefficient (Wildman–Crippen LogP) is 2.53. The van der Waals surface area contributed by atoms with E-state index in [1.54, 1.807) is 8.87 Å². The molecule has 116 valence electrons. The Morgan fingerprint density at radius 3 is 1.75 bits per heavy atom. The molecule has 0 aromatic heterocycles. The molecule has 0 saturated heterocycles. The van der Waals surface area contributed by atoms with E-state index in [1.807, 2.05) is 6.92 Å². The van der Waals surface area contributed by atoms with Gasteiger partial charge in [-0.1, -0.05) is 26.7 Å². The van der Waals surface area contributed by atoms with Crippen LogP contribution in [0.25, 0.3) is 0 Å². The van der Waals surface area contributed by atoms with Crippen molar-refractivity contribution in [3.63, 3.8) is 0 Å². The summed E-state index contributed by atoms with van der Waals surface area (Å²) in [6.07, 6.45) is 9.55. The van der Waals surface area contributed by atoms with Crippen LogP contribution in [0.2, 0.25) is 8.87 Å². The third-order valence-electron chi connectivity index (χ3n) is 3.16. The number of carboxylic acid groups (broad SMARTS) is 1. The largest absolute Gasteiger partial charge is 1.00 e. The first-order chi connectivity index (χ1) is 9.13. The molecule has 20 heavy (non-hydrogen) atoms. The summed E-state index contributed by atoms with van der Waals surface area (Å²) < 4.78 is 3.25. The molecular formula is C16H35KO2Sn. The monoisotopic (exact) mass is 418 g/mol. The topological polar surface area (TPSA) is 37.3 Å². The van der Waals surface area contributed by atoms with Gasteiger partial charge >= 0.3 is 127 Å². The minimum absolute atomic E-state index is 0. The van der Waals surface area contributed by atoms with E-state index in [0.717, 1.165) is 25.7 Å². The number of rotatable bonds is 11. The van der Waals surface area contributed by atoms with E-state index in [4.69, 9.17) is 5.11 Å². The van der Waals surface area contributed by atoms with Gasteiger partial charge in [-0.05, 0) is 12.8 Å². The average Bonchev–Trinajstić information content (AvgIpc) is 2.40. The smallest absolute Gasteiger partial charge is 1.00 e. The van der Waals surface area contributed by atoms with Crippen LogP contribution in [0.1, 0.15) is 80.5 Å². The molecule has 0 spiro atoms. The molecule has 2 radical (unpaired) electrons. The molecule has 2 nitrogen and oxygen atoms in total. The molecule has 1 N–H and O–H groups in total. The van der Waals surface area contributed by atoms with Gasteiger partial charge in [0.2, 0.25) is 0 Å². The molecule has 0 aromatic carbocycles. The van der Waals surface area contributed by atoms with Crippen molar-refractivity contribution in [2.24, 2.45) is 5.92 Å². The van der Waals surface area contributed by atoms with E-state index >= 15 is 0 Å². The first-order valence-electron chi connectivity index (χ1n) is 8.07. The summed E-state index contributed by atoms with van der Waals surface area (Å²) in [5, 5.41) is 8.60. The van der Waals surface area contributed by atoms with Crippen molar-refractivity contribution in [3.05, 3.63) is 0 Å². The molecule has 1 atom stereocenters. The molecule has 4 heteroatoms. The Balaban J connectivity index is -0.000000126. The zero-order valence-corrected chi connectivity index (χ0v) is 20.5. The summed E-state index contributed by atoms with van der Waals surface area (Å²) >= 11 is 0.149. The van der Waals surface area contributed by atoms with Crippen molar-refractivity contribution in [2.45, 2.75) is 87.9 Å². The minimum Gasteiger partial charge on any atom is -1.00 e. The summed E-state index contributed by atoms with van der Waals surface area (Å²) in [4.78, 5) is 10.4. The molecule has 0 heterocycles. The Morgan fingerprint density at radius 1 is 1.00 bits per heavy atom. The maximum Gasteiger partial charge on any atom is 1.00 e. The van der Waals surface area contributed by atoms with E-state index < -0.39 is 5.97 Å². The second kappa shape index (κ2) is 23.2. The first-order valence-corrected chi connectivity index (χ1v) is 12.1. The number of hydrogen-bond donors (Lipinski definition) is 1. The number of carboxylic acids is 1. The summed E-state index contributed by atoms with van der Waals surface area (Å²) in [6.45, 7) is 8.58. The molecule has 0 bridgehead atoms. The molecule has 0 aliphatic carbocycles. The Kier molecular flexibility index (Phi) is 31.0. The normalized spacial score (nSPS) is 11.0. The van der Waals surface area contributed by atoms with Crippen LogP contribution in [-0.2, 0) is 4.79 Å². The van der Waals surface area contributed by atoms with Crippen LogP contribution in [0.4, 0.5) is 0 Å². The van der Waals surface area contributed by atoms with Crippen molar-refractivity contribution in [2.75, 3.05) is 0 Å². The fraction of sp³-hybridized carbons (Fsp3) is 0.938. The van der Waals surface area contributed by atoms with Gasteiger partial charge in [0.05, 0.1) is 5.92 Å². The Bertz CT molecular complexity index is 189. The second-order valence-electron chi connectivity index (χ2n) is 5.04. The van der Waals surface area contributed by atoms with Crippen molar-refractivity contribution < 1.29 is 62.7 Å². The molecule has 0 rings (SSSR count). The maximum atomic E-state index is 10.4. The van der Waals surface area contributed by atoms with E-state index in [1.165, 1.54) is 25.7 Å². The van der Waals surface area contributed by atoms with E-state index in [0.29, 0.717) is 0 Å². The second-order valence-corrected chi connectivity index (χ2v) is 9.32. The van der Waals surface area contributed by atoms with Crippen LogP contribution >= 0.6 is 0 Å². The number of carbonyl (C=O) groups is 1. The van der Waals surface area contributed by atoms with Gasteiger partial charge in [0.25, 0.3) is 0 Å². The SMILES string of the molecule is CCCCC(CC)C(=O)O.CCC[CH2][Sn][CH2]CCC.[H-].[K+]. The van der Waals surface area contributed by atoms with Crippen LogP contribution < -0.4 is 51.4 Å². The molecule has 0 fully saturated rings. The molecule has 0 saturated carbocycles. The van der Waals surface area contributed by atoms with Crippen LogP contribution in [-0.4, -0.2) is 32.2 Å². The van der Waals surface area contributed by atoms with Crippen molar-refractivity contribution >= 4 is 27.1 Å². The summed E-state index contributed by atoms with van der Waals surface area (Å²) in [5.74, 6) is -0.754. The number of hydrogen-bond acceptors (Lipinski definition) is 1. The van der Waals surface area contributed by atoms with Crippen LogP contribution in [0, 0.1) is 5.92 Å². The standard InChI is InChI=1S/C8H16O2.2C4H9.K.Sn.H/c1-3-5-6-7(4-2)8(9)10;2*1-3-4-2;;;/h7H,3-6H2,1-2H3,(H,9,10);2*1,3-4H2,2H3;;;/q;;;+1;;-1. The fourth-order valence-electron chi connectivity index (χ4n) is 1.68. The molecule has 0 aliphatic rings. The van der Waals surface area contributed by atoms with Gasteiger partial charge in [-0.25, -0.2) is 0 Å². The van der Waals surface area contributed by atoms with E-state index in [2.05, 4.69) is 20.8 Å². The van der Waals surface area contributed by atoms with Gasteiger partial charge in [0.1, 0.15) is 0 Å². The third kappa shape index (κ3) is 22.2. The van der Waals surface area contributed by atoms with E-state index in [-0.39, 0.29) is 79.9 Å². The van der Waals surface area contributed by atoms with Crippen LogP contribution in [0.15, 0.2) is 0 Å². The van der Waals surface area contributed by atoms with Gasteiger partial charge in [-0.2, -0.15) is 0 Å². The van der Waals surface area contributed by atoms with Crippen LogP contribution in [0.5, 0.6) is 0 Å². The van der Waals surface area contributed by atoms with Crippen molar-refractivity contribution in [3.8, 4) is 0 Å². The first kappa shape index (κ1) is 26.8. The molecular weight excluding hydrogens is 382 g/mol. The van der Waals surface area contributed by atoms with Gasteiger partial charge in [-0.3, -0.25) is 4.79 Å². The van der Waals surface area contributed by atoms with Crippen molar-refractivity contribution in [1.29, 1.82) is 0 Å². The number of unbranched alkanes of at least 4 members (excludes halogenated alkanes) is 3. The summed E-state index contributed by atoms with van der Waals surface area (Å²) in [5.41, 5.74) is 0. The Labute approximate surface area is 181 Å². The van der Waals surface area contributed by atoms with Gasteiger partial charge < -0.3 is 6.53 Å². The zero-order valence-electron chi connectivity index (χ0n) is 15.5. The van der Waals surface area contributed by atoms with Crippen molar-refractivity contribution in [1.82, 2.24) is 0 Å². The van der Waals surface area contributed by atoms with Gasteiger partial charge in [0.15, 0.2) is 0 Å². The average molecular weight is 417 g/mol. The molecule has 0 amide bonds. The quantitative estimate of drug-likeness (QED) is 0.415. The minimum atomic E-state index is -0.643.